The number of nitrogens with one attached hydrogen (secondary N) is 1. The molecule has 0 aliphatic carbocycles. The molecule has 2 heteroatoms. The number of hydrogen-bond donors (Lipinski definition) is 1. The van der Waals surface area contributed by atoms with E-state index >= 15 is 0 Å². The van der Waals surface area contributed by atoms with Gasteiger partial charge in [0, 0.05) is 30.8 Å². The summed E-state index contributed by atoms with van der Waals surface area (Å²) in [6.45, 7) is 10.9. The van der Waals surface area contributed by atoms with E-state index in [1.807, 2.05) is 0 Å². The van der Waals surface area contributed by atoms with Gasteiger partial charge < -0.3 is 5.32 Å². The molecule has 0 atom stereocenters. The Labute approximate surface area is 127 Å². The molecule has 0 amide bonds. The van der Waals surface area contributed by atoms with Crippen LogP contribution >= 0.6 is 0 Å². The van der Waals surface area contributed by atoms with Crippen molar-refractivity contribution in [1.82, 2.24) is 10.3 Å². The van der Waals surface area contributed by atoms with Crippen LogP contribution in [-0.4, -0.2) is 11.5 Å². The highest BCUT2D eigenvalue weighted by atomic mass is 14.9. The zero-order valence-electron chi connectivity index (χ0n) is 13.5. The van der Waals surface area contributed by atoms with E-state index in [1.165, 1.54) is 33.5 Å². The molecule has 0 saturated carbocycles. The van der Waals surface area contributed by atoms with Gasteiger partial charge in [-0.25, -0.2) is 0 Å². The third-order valence-electron chi connectivity index (χ3n) is 4.48. The normalized spacial score (nSPS) is 14.3. The van der Waals surface area contributed by atoms with Crippen LogP contribution in [0.1, 0.15) is 47.7 Å². The van der Waals surface area contributed by atoms with Crippen molar-refractivity contribution in [3.05, 3.63) is 52.2 Å². The highest BCUT2D eigenvalue weighted by Gasteiger charge is 2.15. The smallest absolute Gasteiger partial charge is 0.0710 e. The second-order valence-electron chi connectivity index (χ2n) is 6.41. The van der Waals surface area contributed by atoms with Crippen LogP contribution in [-0.2, 0) is 13.0 Å². The van der Waals surface area contributed by atoms with Crippen molar-refractivity contribution in [2.45, 2.75) is 46.6 Å². The van der Waals surface area contributed by atoms with Crippen molar-refractivity contribution < 1.29 is 0 Å². The minimum atomic E-state index is 0.548. The summed E-state index contributed by atoms with van der Waals surface area (Å²) in [7, 11) is 0. The molecular weight excluding hydrogens is 256 g/mol. The first-order chi connectivity index (χ1) is 10.1. The van der Waals surface area contributed by atoms with E-state index in [0.717, 1.165) is 25.2 Å². The van der Waals surface area contributed by atoms with Crippen LogP contribution in [0.25, 0.3) is 11.3 Å². The third kappa shape index (κ3) is 2.73. The Morgan fingerprint density at radius 2 is 1.90 bits per heavy atom. The molecule has 1 N–H and O–H groups in total. The van der Waals surface area contributed by atoms with Gasteiger partial charge in [-0.1, -0.05) is 26.0 Å². The number of aryl methyl sites for hydroxylation is 2. The third-order valence-corrected chi connectivity index (χ3v) is 4.48. The molecule has 0 unspecified atom stereocenters. The number of fused-ring (bicyclic) bond motifs is 1. The molecule has 0 fully saturated rings. The van der Waals surface area contributed by atoms with Gasteiger partial charge in [-0.3, -0.25) is 4.98 Å². The van der Waals surface area contributed by atoms with Gasteiger partial charge in [0.2, 0.25) is 0 Å². The SMILES string of the molecule is Cc1ccc(C(C)C)cc1-c1cc(C)c2c(n1)CCNC2. The lowest BCUT2D eigenvalue weighted by Gasteiger charge is -2.20. The maximum atomic E-state index is 4.97. The summed E-state index contributed by atoms with van der Waals surface area (Å²) in [4.78, 5) is 4.97. The molecule has 0 bridgehead atoms. The molecule has 1 aliphatic heterocycles. The Kier molecular flexibility index (Phi) is 3.81. The summed E-state index contributed by atoms with van der Waals surface area (Å²) >= 11 is 0. The summed E-state index contributed by atoms with van der Waals surface area (Å²) in [6, 6.07) is 9.02. The van der Waals surface area contributed by atoms with E-state index in [9.17, 15) is 0 Å². The molecule has 0 spiro atoms. The zero-order valence-corrected chi connectivity index (χ0v) is 13.5. The van der Waals surface area contributed by atoms with Crippen LogP contribution in [0.15, 0.2) is 24.3 Å². The van der Waals surface area contributed by atoms with Crippen LogP contribution in [0.5, 0.6) is 0 Å². The van der Waals surface area contributed by atoms with Crippen molar-refractivity contribution in [1.29, 1.82) is 0 Å². The minimum absolute atomic E-state index is 0.548. The van der Waals surface area contributed by atoms with E-state index in [-0.39, 0.29) is 0 Å². The van der Waals surface area contributed by atoms with Gasteiger partial charge in [0.25, 0.3) is 0 Å². The molecule has 1 aromatic carbocycles. The number of rotatable bonds is 2. The lowest BCUT2D eigenvalue weighted by atomic mass is 9.94. The van der Waals surface area contributed by atoms with Crippen molar-refractivity contribution in [2.75, 3.05) is 6.54 Å². The summed E-state index contributed by atoms with van der Waals surface area (Å²) in [5, 5.41) is 3.44. The zero-order chi connectivity index (χ0) is 15.0. The molecule has 3 rings (SSSR count). The highest BCUT2D eigenvalue weighted by Crippen LogP contribution is 2.29. The summed E-state index contributed by atoms with van der Waals surface area (Å²) in [5.74, 6) is 0.548. The molecule has 2 heterocycles. The van der Waals surface area contributed by atoms with Crippen LogP contribution in [0.2, 0.25) is 0 Å². The van der Waals surface area contributed by atoms with Gasteiger partial charge in [0.15, 0.2) is 0 Å². The summed E-state index contributed by atoms with van der Waals surface area (Å²) in [6.07, 6.45) is 1.03. The molecule has 0 saturated heterocycles. The van der Waals surface area contributed by atoms with Crippen molar-refractivity contribution in [3.63, 3.8) is 0 Å². The van der Waals surface area contributed by atoms with Crippen molar-refractivity contribution in [2.24, 2.45) is 0 Å². The molecule has 0 radical (unpaired) electrons. The first-order valence-electron chi connectivity index (χ1n) is 7.87. The molecule has 2 aromatic rings. The fourth-order valence-electron chi connectivity index (χ4n) is 3.05. The van der Waals surface area contributed by atoms with E-state index in [0.29, 0.717) is 5.92 Å². The second-order valence-corrected chi connectivity index (χ2v) is 6.41. The van der Waals surface area contributed by atoms with Crippen LogP contribution in [0.4, 0.5) is 0 Å². The van der Waals surface area contributed by atoms with Crippen LogP contribution in [0, 0.1) is 13.8 Å². The maximum Gasteiger partial charge on any atom is 0.0710 e. The average molecular weight is 280 g/mol. The molecule has 1 aliphatic rings. The maximum absolute atomic E-state index is 4.97. The second kappa shape index (κ2) is 5.61. The number of pyridine rings is 1. The number of hydrogen-bond acceptors (Lipinski definition) is 2. The van der Waals surface area contributed by atoms with Gasteiger partial charge in [0.05, 0.1) is 5.69 Å². The van der Waals surface area contributed by atoms with Gasteiger partial charge >= 0.3 is 0 Å². The predicted molar refractivity (Wildman–Crippen MR) is 88.6 cm³/mol. The Hall–Kier alpha value is -1.67. The lowest BCUT2D eigenvalue weighted by molar-refractivity contribution is 0.627. The van der Waals surface area contributed by atoms with Crippen LogP contribution in [0.3, 0.4) is 0 Å². The predicted octanol–water partition coefficient (Wildman–Crippen LogP) is 4.13. The number of benzene rings is 1. The molecule has 110 valence electrons. The molecule has 2 nitrogen and oxygen atoms in total. The van der Waals surface area contributed by atoms with E-state index < -0.39 is 0 Å². The number of nitrogens with zero attached hydrogens (tertiary/aromatic N) is 1. The first kappa shape index (κ1) is 14.3. The van der Waals surface area contributed by atoms with Gasteiger partial charge in [0.1, 0.15) is 0 Å². The Balaban J connectivity index is 2.12. The van der Waals surface area contributed by atoms with E-state index in [4.69, 9.17) is 4.98 Å². The van der Waals surface area contributed by atoms with Gasteiger partial charge in [-0.15, -0.1) is 0 Å². The van der Waals surface area contributed by atoms with E-state index in [1.54, 1.807) is 0 Å². The monoisotopic (exact) mass is 280 g/mol. The van der Waals surface area contributed by atoms with Crippen LogP contribution < -0.4 is 5.32 Å². The molecule has 1 aromatic heterocycles. The average Bonchev–Trinajstić information content (AvgIpc) is 2.47. The van der Waals surface area contributed by atoms with E-state index in [2.05, 4.69) is 57.3 Å². The number of aromatic nitrogens is 1. The Morgan fingerprint density at radius 1 is 1.10 bits per heavy atom. The lowest BCUT2D eigenvalue weighted by Crippen LogP contribution is -2.25. The summed E-state index contributed by atoms with van der Waals surface area (Å²) < 4.78 is 0. The van der Waals surface area contributed by atoms with Crippen molar-refractivity contribution in [3.8, 4) is 11.3 Å². The highest BCUT2D eigenvalue weighted by molar-refractivity contribution is 5.66. The van der Waals surface area contributed by atoms with Gasteiger partial charge in [-0.2, -0.15) is 0 Å². The first-order valence-corrected chi connectivity index (χ1v) is 7.87. The fraction of sp³-hybridized carbons (Fsp3) is 0.421. The van der Waals surface area contributed by atoms with Crippen molar-refractivity contribution >= 4 is 0 Å². The summed E-state index contributed by atoms with van der Waals surface area (Å²) in [5.41, 5.74) is 9.13. The molecule has 21 heavy (non-hydrogen) atoms. The molecular formula is C19H24N2. The Bertz CT molecular complexity index is 672. The quantitative estimate of drug-likeness (QED) is 0.894. The standard InChI is InChI=1S/C19H24N2/c1-12(2)15-6-5-13(3)16(10-15)19-9-14(4)17-11-20-8-7-18(17)21-19/h5-6,9-10,12,20H,7-8,11H2,1-4H3. The Morgan fingerprint density at radius 3 is 2.67 bits per heavy atom. The minimum Gasteiger partial charge on any atom is -0.312 e. The fourth-order valence-corrected chi connectivity index (χ4v) is 3.05. The largest absolute Gasteiger partial charge is 0.312 e. The topological polar surface area (TPSA) is 24.9 Å². The van der Waals surface area contributed by atoms with Gasteiger partial charge in [-0.05, 0) is 54.2 Å².